The number of nitrogens with zero attached hydrogens (tertiary/aromatic N) is 1. The van der Waals surface area contributed by atoms with E-state index in [-0.39, 0.29) is 12.3 Å². The van der Waals surface area contributed by atoms with E-state index in [1.807, 2.05) is 6.07 Å². The van der Waals surface area contributed by atoms with E-state index in [0.29, 0.717) is 5.56 Å². The van der Waals surface area contributed by atoms with Crippen molar-refractivity contribution < 1.29 is 9.59 Å². The number of nitriles is 1. The van der Waals surface area contributed by atoms with Gasteiger partial charge in [-0.2, -0.15) is 5.26 Å². The molecule has 0 fully saturated rings. The third-order valence-electron chi connectivity index (χ3n) is 2.66. The van der Waals surface area contributed by atoms with E-state index >= 15 is 0 Å². The summed E-state index contributed by atoms with van der Waals surface area (Å²) in [5.74, 6) is -1.38. The largest absolute Gasteiger partial charge is 0.368 e. The zero-order valence-electron chi connectivity index (χ0n) is 10.4. The second-order valence-corrected chi connectivity index (χ2v) is 5.12. The number of nitrogens with one attached hydrogen (secondary N) is 1. The molecule has 0 saturated heterocycles. The number of nitrogens with two attached hydrogens (primary N) is 1. The van der Waals surface area contributed by atoms with Crippen LogP contribution in [0.3, 0.4) is 0 Å². The molecule has 1 aromatic rings. The first-order valence-corrected chi connectivity index (χ1v) is 6.47. The lowest BCUT2D eigenvalue weighted by molar-refractivity contribution is -0.120. The molecule has 0 aliphatic heterocycles. The normalized spacial score (nSPS) is 13.1. The van der Waals surface area contributed by atoms with Gasteiger partial charge in [-0.05, 0) is 24.1 Å². The minimum absolute atomic E-state index is 0.145. The number of halogens is 1. The molecule has 3 N–H and O–H groups in total. The van der Waals surface area contributed by atoms with Gasteiger partial charge >= 0.3 is 0 Å². The van der Waals surface area contributed by atoms with Crippen molar-refractivity contribution in [3.05, 3.63) is 34.3 Å². The fourth-order valence-electron chi connectivity index (χ4n) is 1.61. The fourth-order valence-corrected chi connectivity index (χ4v) is 2.01. The highest BCUT2D eigenvalue weighted by molar-refractivity contribution is 9.10. The first-order chi connectivity index (χ1) is 8.95. The van der Waals surface area contributed by atoms with Crippen LogP contribution >= 0.6 is 15.9 Å². The molecule has 0 bridgehead atoms. The SMILES string of the molecule is C[C@@H](CC#N)[C@@H](NC(=O)c1cccc(Br)c1)C(N)=O. The van der Waals surface area contributed by atoms with Gasteiger partial charge in [-0.25, -0.2) is 0 Å². The summed E-state index contributed by atoms with van der Waals surface area (Å²) in [6, 6.07) is 7.89. The minimum atomic E-state index is -0.855. The lowest BCUT2D eigenvalue weighted by Gasteiger charge is -2.20. The number of hydrogen-bond acceptors (Lipinski definition) is 3. The molecule has 0 heterocycles. The molecule has 5 nitrogen and oxygen atoms in total. The topological polar surface area (TPSA) is 96.0 Å². The average Bonchev–Trinajstić information content (AvgIpc) is 2.35. The Hall–Kier alpha value is -1.87. The molecular weight excluding hydrogens is 310 g/mol. The van der Waals surface area contributed by atoms with Crippen LogP contribution in [0.4, 0.5) is 0 Å². The van der Waals surface area contributed by atoms with Crippen molar-refractivity contribution in [2.45, 2.75) is 19.4 Å². The van der Waals surface area contributed by atoms with Crippen LogP contribution in [-0.2, 0) is 4.79 Å². The molecular formula is C13H14BrN3O2. The summed E-state index contributed by atoms with van der Waals surface area (Å²) in [6.45, 7) is 1.69. The molecule has 1 aromatic carbocycles. The van der Waals surface area contributed by atoms with Crippen molar-refractivity contribution >= 4 is 27.7 Å². The Morgan fingerprint density at radius 3 is 2.74 bits per heavy atom. The summed E-state index contributed by atoms with van der Waals surface area (Å²) in [5.41, 5.74) is 5.67. The van der Waals surface area contributed by atoms with E-state index in [9.17, 15) is 9.59 Å². The van der Waals surface area contributed by atoms with Crippen LogP contribution in [0.2, 0.25) is 0 Å². The van der Waals surface area contributed by atoms with Crippen LogP contribution in [0, 0.1) is 17.2 Å². The Labute approximate surface area is 119 Å². The van der Waals surface area contributed by atoms with Gasteiger partial charge in [0.1, 0.15) is 6.04 Å². The molecule has 2 amide bonds. The molecule has 6 heteroatoms. The lowest BCUT2D eigenvalue weighted by Crippen LogP contribution is -2.48. The Kier molecular flexibility index (Phi) is 5.52. The smallest absolute Gasteiger partial charge is 0.251 e. The zero-order valence-corrected chi connectivity index (χ0v) is 12.0. The van der Waals surface area contributed by atoms with E-state index in [1.165, 1.54) is 0 Å². The van der Waals surface area contributed by atoms with Crippen molar-refractivity contribution in [2.75, 3.05) is 0 Å². The summed E-state index contributed by atoms with van der Waals surface area (Å²) in [7, 11) is 0. The third-order valence-corrected chi connectivity index (χ3v) is 3.16. The monoisotopic (exact) mass is 323 g/mol. The molecule has 1 rings (SSSR count). The van der Waals surface area contributed by atoms with E-state index in [1.54, 1.807) is 31.2 Å². The van der Waals surface area contributed by atoms with Crippen LogP contribution in [-0.4, -0.2) is 17.9 Å². The maximum atomic E-state index is 12.0. The van der Waals surface area contributed by atoms with Crippen molar-refractivity contribution in [1.29, 1.82) is 5.26 Å². The second kappa shape index (κ2) is 6.90. The molecule has 0 aliphatic carbocycles. The van der Waals surface area contributed by atoms with Gasteiger partial charge in [0.15, 0.2) is 0 Å². The van der Waals surface area contributed by atoms with E-state index in [0.717, 1.165) is 4.47 Å². The standard InChI is InChI=1S/C13H14BrN3O2/c1-8(5-6-15)11(12(16)18)17-13(19)9-3-2-4-10(14)7-9/h2-4,7-8,11H,5H2,1H3,(H2,16,18)(H,17,19)/t8-,11+/m0/s1. The summed E-state index contributed by atoms with van der Waals surface area (Å²) >= 11 is 3.26. The van der Waals surface area contributed by atoms with Crippen LogP contribution in [0.15, 0.2) is 28.7 Å². The maximum absolute atomic E-state index is 12.0. The number of rotatable bonds is 5. The number of carbonyl (C=O) groups is 2. The molecule has 100 valence electrons. The van der Waals surface area contributed by atoms with Crippen molar-refractivity contribution in [1.82, 2.24) is 5.32 Å². The Balaban J connectivity index is 2.83. The lowest BCUT2D eigenvalue weighted by atomic mass is 9.98. The molecule has 0 unspecified atom stereocenters. The number of carbonyl (C=O) groups excluding carboxylic acids is 2. The van der Waals surface area contributed by atoms with E-state index in [4.69, 9.17) is 11.0 Å². The summed E-state index contributed by atoms with van der Waals surface area (Å²) < 4.78 is 0.765. The number of primary amides is 1. The van der Waals surface area contributed by atoms with Crippen molar-refractivity contribution in [3.8, 4) is 6.07 Å². The molecule has 0 spiro atoms. The molecule has 0 radical (unpaired) electrons. The predicted molar refractivity (Wildman–Crippen MR) is 74.0 cm³/mol. The highest BCUT2D eigenvalue weighted by atomic mass is 79.9. The van der Waals surface area contributed by atoms with Gasteiger partial charge in [-0.3, -0.25) is 9.59 Å². The van der Waals surface area contributed by atoms with Crippen molar-refractivity contribution in [3.63, 3.8) is 0 Å². The molecule has 0 aliphatic rings. The Morgan fingerprint density at radius 1 is 1.53 bits per heavy atom. The highest BCUT2D eigenvalue weighted by Gasteiger charge is 2.25. The summed E-state index contributed by atoms with van der Waals surface area (Å²) in [6.07, 6.45) is 0.145. The molecule has 2 atom stereocenters. The summed E-state index contributed by atoms with van der Waals surface area (Å²) in [5, 5.41) is 11.2. The van der Waals surface area contributed by atoms with Gasteiger partial charge in [0, 0.05) is 16.5 Å². The van der Waals surface area contributed by atoms with Crippen molar-refractivity contribution in [2.24, 2.45) is 11.7 Å². The van der Waals surface area contributed by atoms with Crippen LogP contribution in [0.25, 0.3) is 0 Å². The predicted octanol–water partition coefficient (Wildman–Crippen LogP) is 1.58. The quantitative estimate of drug-likeness (QED) is 0.861. The number of benzene rings is 1. The van der Waals surface area contributed by atoms with E-state index < -0.39 is 17.9 Å². The van der Waals surface area contributed by atoms with Gasteiger partial charge in [-0.15, -0.1) is 0 Å². The molecule has 0 saturated carbocycles. The van der Waals surface area contributed by atoms with Gasteiger partial charge < -0.3 is 11.1 Å². The molecule has 19 heavy (non-hydrogen) atoms. The van der Waals surface area contributed by atoms with Gasteiger partial charge in [0.2, 0.25) is 5.91 Å². The number of amides is 2. The van der Waals surface area contributed by atoms with Crippen LogP contribution in [0.5, 0.6) is 0 Å². The zero-order chi connectivity index (χ0) is 14.4. The Bertz CT molecular complexity index is 525. The van der Waals surface area contributed by atoms with Crippen LogP contribution < -0.4 is 11.1 Å². The molecule has 0 aromatic heterocycles. The first kappa shape index (κ1) is 15.2. The van der Waals surface area contributed by atoms with Gasteiger partial charge in [0.05, 0.1) is 6.07 Å². The third kappa shape index (κ3) is 4.38. The maximum Gasteiger partial charge on any atom is 0.251 e. The highest BCUT2D eigenvalue weighted by Crippen LogP contribution is 2.13. The van der Waals surface area contributed by atoms with Crippen LogP contribution in [0.1, 0.15) is 23.7 Å². The van der Waals surface area contributed by atoms with Gasteiger partial charge in [0.25, 0.3) is 5.91 Å². The van der Waals surface area contributed by atoms with E-state index in [2.05, 4.69) is 21.2 Å². The van der Waals surface area contributed by atoms with Gasteiger partial charge in [-0.1, -0.05) is 28.9 Å². The fraction of sp³-hybridized carbons (Fsp3) is 0.308. The number of hydrogen-bond donors (Lipinski definition) is 2. The second-order valence-electron chi connectivity index (χ2n) is 4.20. The summed E-state index contributed by atoms with van der Waals surface area (Å²) in [4.78, 5) is 23.3. The average molecular weight is 324 g/mol. The first-order valence-electron chi connectivity index (χ1n) is 5.68. The minimum Gasteiger partial charge on any atom is -0.368 e. The Morgan fingerprint density at radius 2 is 2.21 bits per heavy atom.